The normalized spacial score (nSPS) is 18.0. The van der Waals surface area contributed by atoms with Gasteiger partial charge in [-0.1, -0.05) is 6.92 Å². The van der Waals surface area contributed by atoms with Crippen molar-refractivity contribution in [2.24, 2.45) is 0 Å². The van der Waals surface area contributed by atoms with Crippen LogP contribution in [-0.2, 0) is 4.79 Å². The number of hydrogen-bond acceptors (Lipinski definition) is 5. The van der Waals surface area contributed by atoms with Gasteiger partial charge in [-0.3, -0.25) is 4.79 Å². The molecule has 1 atom stereocenters. The van der Waals surface area contributed by atoms with Gasteiger partial charge in [0, 0.05) is 12.6 Å². The van der Waals surface area contributed by atoms with Crippen molar-refractivity contribution in [3.05, 3.63) is 30.6 Å². The van der Waals surface area contributed by atoms with E-state index in [0.717, 1.165) is 31.5 Å². The van der Waals surface area contributed by atoms with Gasteiger partial charge in [-0.05, 0) is 60.4 Å². The molecule has 122 valence electrons. The van der Waals surface area contributed by atoms with Crippen LogP contribution in [0.2, 0.25) is 0 Å². The first-order valence-corrected chi connectivity index (χ1v) is 8.03. The number of nitrogens with zero attached hydrogens (tertiary/aromatic N) is 5. The minimum absolute atomic E-state index is 0.0705. The van der Waals surface area contributed by atoms with Crippen LogP contribution in [0.5, 0.6) is 5.75 Å². The topological polar surface area (TPSA) is 73.1 Å². The van der Waals surface area contributed by atoms with Crippen LogP contribution in [0.25, 0.3) is 5.69 Å². The molecule has 1 unspecified atom stereocenters. The average molecular weight is 315 g/mol. The lowest BCUT2D eigenvalue weighted by Crippen LogP contribution is -2.45. The Bertz CT molecular complexity index is 626. The van der Waals surface area contributed by atoms with E-state index in [0.29, 0.717) is 11.8 Å². The second kappa shape index (κ2) is 7.21. The molecule has 0 N–H and O–H groups in total. The van der Waals surface area contributed by atoms with Crippen LogP contribution in [0.15, 0.2) is 30.6 Å². The molecular weight excluding hydrogens is 294 g/mol. The number of rotatable bonds is 5. The molecule has 0 spiro atoms. The number of ether oxygens (including phenoxy) is 1. The number of likely N-dealkylation sites (tertiary alicyclic amines) is 1. The number of piperidine rings is 1. The molecule has 1 aromatic carbocycles. The molecule has 1 aromatic heterocycles. The summed E-state index contributed by atoms with van der Waals surface area (Å²) in [4.78, 5) is 14.3. The Morgan fingerprint density at radius 1 is 1.30 bits per heavy atom. The van der Waals surface area contributed by atoms with Crippen LogP contribution in [0, 0.1) is 0 Å². The molecule has 3 rings (SSSR count). The van der Waals surface area contributed by atoms with Gasteiger partial charge in [0.05, 0.1) is 5.69 Å². The monoisotopic (exact) mass is 315 g/mol. The summed E-state index contributed by atoms with van der Waals surface area (Å²) in [7, 11) is 0. The maximum Gasteiger partial charge on any atom is 0.260 e. The van der Waals surface area contributed by atoms with Gasteiger partial charge in [-0.25, -0.2) is 4.68 Å². The van der Waals surface area contributed by atoms with E-state index < -0.39 is 0 Å². The van der Waals surface area contributed by atoms with E-state index >= 15 is 0 Å². The number of tetrazole rings is 1. The summed E-state index contributed by atoms with van der Waals surface area (Å²) in [6.45, 7) is 3.06. The van der Waals surface area contributed by atoms with Crippen LogP contribution in [-0.4, -0.2) is 50.2 Å². The van der Waals surface area contributed by atoms with Crippen molar-refractivity contribution in [1.29, 1.82) is 0 Å². The zero-order valence-electron chi connectivity index (χ0n) is 13.3. The van der Waals surface area contributed by atoms with Gasteiger partial charge in [-0.2, -0.15) is 0 Å². The molecule has 2 heterocycles. The van der Waals surface area contributed by atoms with E-state index in [1.165, 1.54) is 12.7 Å². The van der Waals surface area contributed by atoms with Gasteiger partial charge in [0.1, 0.15) is 12.1 Å². The number of carbonyl (C=O) groups is 1. The molecule has 23 heavy (non-hydrogen) atoms. The molecule has 2 aromatic rings. The second-order valence-corrected chi connectivity index (χ2v) is 5.68. The zero-order valence-corrected chi connectivity index (χ0v) is 13.3. The number of hydrogen-bond donors (Lipinski definition) is 0. The minimum Gasteiger partial charge on any atom is -0.484 e. The maximum absolute atomic E-state index is 12.4. The quantitative estimate of drug-likeness (QED) is 0.841. The molecule has 7 heteroatoms. The smallest absolute Gasteiger partial charge is 0.260 e. The summed E-state index contributed by atoms with van der Waals surface area (Å²) >= 11 is 0. The van der Waals surface area contributed by atoms with Crippen molar-refractivity contribution in [2.45, 2.75) is 38.6 Å². The first kappa shape index (κ1) is 15.5. The standard InChI is InChI=1S/C16H21N5O2/c1-2-13-5-3-4-10-20(13)16(22)11-23-15-8-6-14(7-9-15)21-12-17-18-19-21/h6-9,12-13H,2-5,10-11H2,1H3. The molecule has 0 aliphatic carbocycles. The molecule has 1 fully saturated rings. The second-order valence-electron chi connectivity index (χ2n) is 5.68. The number of aromatic nitrogens is 4. The lowest BCUT2D eigenvalue weighted by molar-refractivity contribution is -0.137. The Balaban J connectivity index is 1.56. The van der Waals surface area contributed by atoms with Gasteiger partial charge in [0.2, 0.25) is 0 Å². The van der Waals surface area contributed by atoms with Crippen molar-refractivity contribution in [3.8, 4) is 11.4 Å². The average Bonchev–Trinajstić information content (AvgIpc) is 3.14. The summed E-state index contributed by atoms with van der Waals surface area (Å²) in [5.41, 5.74) is 0.843. The fourth-order valence-corrected chi connectivity index (χ4v) is 2.96. The van der Waals surface area contributed by atoms with E-state index in [4.69, 9.17) is 4.74 Å². The van der Waals surface area contributed by atoms with Crippen molar-refractivity contribution in [1.82, 2.24) is 25.1 Å². The third kappa shape index (κ3) is 3.67. The molecule has 1 aliphatic heterocycles. The van der Waals surface area contributed by atoms with E-state index in [9.17, 15) is 4.79 Å². The highest BCUT2D eigenvalue weighted by atomic mass is 16.5. The molecule has 0 bridgehead atoms. The molecule has 7 nitrogen and oxygen atoms in total. The zero-order chi connectivity index (χ0) is 16.1. The Kier molecular flexibility index (Phi) is 4.85. The maximum atomic E-state index is 12.4. The van der Waals surface area contributed by atoms with Crippen molar-refractivity contribution in [2.75, 3.05) is 13.2 Å². The van der Waals surface area contributed by atoms with Crippen LogP contribution in [0.3, 0.4) is 0 Å². The van der Waals surface area contributed by atoms with E-state index in [-0.39, 0.29) is 12.5 Å². The molecular formula is C16H21N5O2. The van der Waals surface area contributed by atoms with Crippen LogP contribution in [0.1, 0.15) is 32.6 Å². The lowest BCUT2D eigenvalue weighted by Gasteiger charge is -2.35. The summed E-state index contributed by atoms with van der Waals surface area (Å²) in [6, 6.07) is 7.70. The van der Waals surface area contributed by atoms with E-state index in [1.807, 2.05) is 29.2 Å². The van der Waals surface area contributed by atoms with Gasteiger partial charge in [-0.15, -0.1) is 5.10 Å². The first-order chi connectivity index (χ1) is 11.3. The fraction of sp³-hybridized carbons (Fsp3) is 0.500. The summed E-state index contributed by atoms with van der Waals surface area (Å²) in [5.74, 6) is 0.737. The Morgan fingerprint density at radius 3 is 2.83 bits per heavy atom. The lowest BCUT2D eigenvalue weighted by atomic mass is 10.00. The molecule has 0 saturated carbocycles. The Morgan fingerprint density at radius 2 is 2.13 bits per heavy atom. The molecule has 0 radical (unpaired) electrons. The van der Waals surface area contributed by atoms with Crippen LogP contribution in [0.4, 0.5) is 0 Å². The predicted molar refractivity (Wildman–Crippen MR) is 84.3 cm³/mol. The molecule has 1 amide bonds. The van der Waals surface area contributed by atoms with Crippen LogP contribution < -0.4 is 4.74 Å². The number of benzene rings is 1. The SMILES string of the molecule is CCC1CCCCN1C(=O)COc1ccc(-n2cnnn2)cc1. The largest absolute Gasteiger partial charge is 0.484 e. The van der Waals surface area contributed by atoms with Gasteiger partial charge in [0.15, 0.2) is 6.61 Å². The van der Waals surface area contributed by atoms with E-state index in [1.54, 1.807) is 4.68 Å². The third-order valence-electron chi connectivity index (χ3n) is 4.23. The fourth-order valence-electron chi connectivity index (χ4n) is 2.96. The van der Waals surface area contributed by atoms with Crippen molar-refractivity contribution in [3.63, 3.8) is 0 Å². The van der Waals surface area contributed by atoms with Crippen molar-refractivity contribution >= 4 is 5.91 Å². The number of amides is 1. The minimum atomic E-state index is 0.0705. The summed E-state index contributed by atoms with van der Waals surface area (Å²) in [5, 5.41) is 11.0. The van der Waals surface area contributed by atoms with Gasteiger partial charge >= 0.3 is 0 Å². The molecule has 1 aliphatic rings. The Hall–Kier alpha value is -2.44. The highest BCUT2D eigenvalue weighted by molar-refractivity contribution is 5.78. The first-order valence-electron chi connectivity index (χ1n) is 8.03. The van der Waals surface area contributed by atoms with Crippen LogP contribution >= 0.6 is 0 Å². The summed E-state index contributed by atoms with van der Waals surface area (Å²) in [6.07, 6.45) is 5.93. The number of carbonyl (C=O) groups excluding carboxylic acids is 1. The third-order valence-corrected chi connectivity index (χ3v) is 4.23. The van der Waals surface area contributed by atoms with E-state index in [2.05, 4.69) is 22.4 Å². The predicted octanol–water partition coefficient (Wildman–Crippen LogP) is 1.83. The summed E-state index contributed by atoms with van der Waals surface area (Å²) < 4.78 is 7.20. The van der Waals surface area contributed by atoms with Gasteiger partial charge in [0.25, 0.3) is 5.91 Å². The van der Waals surface area contributed by atoms with Crippen molar-refractivity contribution < 1.29 is 9.53 Å². The Labute approximate surface area is 135 Å². The van der Waals surface area contributed by atoms with Gasteiger partial charge < -0.3 is 9.64 Å². The highest BCUT2D eigenvalue weighted by Crippen LogP contribution is 2.20. The molecule has 1 saturated heterocycles. The highest BCUT2D eigenvalue weighted by Gasteiger charge is 2.25.